The monoisotopic (exact) mass is 735 g/mol. The molecule has 0 fully saturated rings. The molecule has 2 aromatic heterocycles. The zero-order chi connectivity index (χ0) is 38.0. The van der Waals surface area contributed by atoms with E-state index in [0.29, 0.717) is 5.95 Å². The molecule has 11 aromatic rings. The van der Waals surface area contributed by atoms with Gasteiger partial charge < -0.3 is 0 Å². The van der Waals surface area contributed by atoms with Crippen LogP contribution in [0, 0.1) is 0 Å². The lowest BCUT2D eigenvalue weighted by Crippen LogP contribution is -2.30. The van der Waals surface area contributed by atoms with E-state index in [-0.39, 0.29) is 0 Å². The van der Waals surface area contributed by atoms with Crippen molar-refractivity contribution in [3.8, 4) is 50.6 Å². The second-order valence-electron chi connectivity index (χ2n) is 15.7. The van der Waals surface area contributed by atoms with Gasteiger partial charge in [0.15, 0.2) is 0 Å². The molecule has 9 aromatic carbocycles. The first-order valence-electron chi connectivity index (χ1n) is 20.0. The summed E-state index contributed by atoms with van der Waals surface area (Å²) >= 11 is 0. The van der Waals surface area contributed by atoms with Crippen molar-refractivity contribution in [2.24, 2.45) is 0 Å². The van der Waals surface area contributed by atoms with E-state index in [4.69, 9.17) is 9.97 Å². The van der Waals surface area contributed by atoms with Crippen LogP contribution in [-0.4, -0.2) is 14.5 Å². The smallest absolute Gasteiger partial charge is 0.235 e. The van der Waals surface area contributed by atoms with Gasteiger partial charge in [-0.05, 0) is 96.7 Å². The summed E-state index contributed by atoms with van der Waals surface area (Å²) in [4.78, 5) is 10.8. The molecule has 0 saturated carbocycles. The van der Waals surface area contributed by atoms with E-state index < -0.39 is 5.41 Å². The van der Waals surface area contributed by atoms with E-state index >= 15 is 0 Å². The zero-order valence-corrected chi connectivity index (χ0v) is 31.4. The molecular formula is C55H33N3. The summed E-state index contributed by atoms with van der Waals surface area (Å²) in [6.07, 6.45) is 0. The van der Waals surface area contributed by atoms with Crippen molar-refractivity contribution in [1.82, 2.24) is 14.5 Å². The van der Waals surface area contributed by atoms with Crippen LogP contribution in [-0.2, 0) is 5.41 Å². The van der Waals surface area contributed by atoms with Gasteiger partial charge in [-0.3, -0.25) is 4.57 Å². The molecular weight excluding hydrogens is 703 g/mol. The first-order chi connectivity index (χ1) is 28.8. The zero-order valence-electron chi connectivity index (χ0n) is 31.4. The Bertz CT molecular complexity index is 3400. The van der Waals surface area contributed by atoms with Gasteiger partial charge in [0.1, 0.15) is 0 Å². The Hall–Kier alpha value is -7.62. The van der Waals surface area contributed by atoms with E-state index in [9.17, 15) is 0 Å². The molecule has 13 rings (SSSR count). The van der Waals surface area contributed by atoms with Crippen molar-refractivity contribution in [2.45, 2.75) is 5.41 Å². The lowest BCUT2D eigenvalue weighted by molar-refractivity contribution is 0.783. The van der Waals surface area contributed by atoms with Gasteiger partial charge in [0, 0.05) is 21.7 Å². The molecule has 0 amide bonds. The van der Waals surface area contributed by atoms with Crippen molar-refractivity contribution in [1.29, 1.82) is 0 Å². The lowest BCUT2D eigenvalue weighted by Gasteiger charge is -2.38. The van der Waals surface area contributed by atoms with Crippen LogP contribution in [0.2, 0.25) is 0 Å². The van der Waals surface area contributed by atoms with E-state index in [1.54, 1.807) is 0 Å². The molecule has 0 aliphatic heterocycles. The number of benzene rings is 9. The number of fused-ring (bicyclic) bond motifs is 8. The van der Waals surface area contributed by atoms with Gasteiger partial charge >= 0.3 is 0 Å². The van der Waals surface area contributed by atoms with Gasteiger partial charge in [-0.15, -0.1) is 0 Å². The topological polar surface area (TPSA) is 30.7 Å². The van der Waals surface area contributed by atoms with Crippen LogP contribution in [0.3, 0.4) is 0 Å². The molecule has 0 saturated heterocycles. The van der Waals surface area contributed by atoms with Crippen molar-refractivity contribution >= 4 is 43.5 Å². The summed E-state index contributed by atoms with van der Waals surface area (Å²) in [7, 11) is 0. The van der Waals surface area contributed by atoms with Crippen molar-refractivity contribution < 1.29 is 0 Å². The van der Waals surface area contributed by atoms with Gasteiger partial charge in [0.2, 0.25) is 5.95 Å². The summed E-state index contributed by atoms with van der Waals surface area (Å²) in [6.45, 7) is 0. The first-order valence-corrected chi connectivity index (χ1v) is 20.0. The highest BCUT2D eigenvalue weighted by molar-refractivity contribution is 6.26. The average molecular weight is 736 g/mol. The molecule has 0 radical (unpaired) electrons. The third kappa shape index (κ3) is 4.12. The molecule has 1 spiro atoms. The summed E-state index contributed by atoms with van der Waals surface area (Å²) in [5.74, 6) is 0.674. The standard InChI is InChI=1S/C55H33N3/c1-4-14-34(15-5-1)38-26-29-40-41-30-27-39(35-16-6-2-7-17-35)33-46(41)55(45(40)32-38)43-22-12-20-36-28-31-49-52(50(36)43)51-44(55)23-13-25-48(51)58(49)54-56-47-24-11-10-21-42(47)53(57-54)37-18-8-3-9-19-37/h1-33H. The second kappa shape index (κ2) is 11.7. The fourth-order valence-electron chi connectivity index (χ4n) is 10.4. The summed E-state index contributed by atoms with van der Waals surface area (Å²) < 4.78 is 2.32. The van der Waals surface area contributed by atoms with Gasteiger partial charge in [-0.2, -0.15) is 0 Å². The van der Waals surface area contributed by atoms with Crippen molar-refractivity contribution in [3.63, 3.8) is 0 Å². The third-order valence-corrected chi connectivity index (χ3v) is 12.8. The van der Waals surface area contributed by atoms with E-state index in [1.165, 1.54) is 77.2 Å². The minimum absolute atomic E-state index is 0.591. The molecule has 58 heavy (non-hydrogen) atoms. The number of hydrogen-bond donors (Lipinski definition) is 0. The highest BCUT2D eigenvalue weighted by atomic mass is 15.2. The fraction of sp³-hybridized carbons (Fsp3) is 0.0182. The Labute approximate surface area is 335 Å². The maximum atomic E-state index is 5.44. The Kier molecular flexibility index (Phi) is 6.37. The molecule has 0 unspecified atom stereocenters. The van der Waals surface area contributed by atoms with E-state index in [1.807, 2.05) is 0 Å². The fourth-order valence-corrected chi connectivity index (χ4v) is 10.4. The third-order valence-electron chi connectivity index (χ3n) is 12.8. The van der Waals surface area contributed by atoms with Gasteiger partial charge in [0.25, 0.3) is 0 Å². The number of hydrogen-bond acceptors (Lipinski definition) is 2. The quantitative estimate of drug-likeness (QED) is 0.180. The van der Waals surface area contributed by atoms with Gasteiger partial charge in [-0.25, -0.2) is 9.97 Å². The summed E-state index contributed by atoms with van der Waals surface area (Å²) in [6, 6.07) is 73.2. The normalized spacial score (nSPS) is 13.3. The molecule has 0 atom stereocenters. The Morgan fingerprint density at radius 1 is 0.362 bits per heavy atom. The number of nitrogens with zero attached hydrogens (tertiary/aromatic N) is 3. The molecule has 3 nitrogen and oxygen atoms in total. The predicted octanol–water partition coefficient (Wildman–Crippen LogP) is 13.6. The van der Waals surface area contributed by atoms with Gasteiger partial charge in [-0.1, -0.05) is 170 Å². The molecule has 2 aliphatic carbocycles. The Morgan fingerprint density at radius 2 is 0.931 bits per heavy atom. The Balaban J connectivity index is 1.18. The van der Waals surface area contributed by atoms with Crippen molar-refractivity contribution in [3.05, 3.63) is 222 Å². The molecule has 0 bridgehead atoms. The van der Waals surface area contributed by atoms with Crippen LogP contribution in [0.15, 0.2) is 200 Å². The molecule has 0 N–H and O–H groups in total. The maximum absolute atomic E-state index is 5.44. The number of aromatic nitrogens is 3. The first kappa shape index (κ1) is 31.6. The van der Waals surface area contributed by atoms with Crippen LogP contribution >= 0.6 is 0 Å². The van der Waals surface area contributed by atoms with E-state index in [0.717, 1.165) is 33.2 Å². The largest absolute Gasteiger partial charge is 0.278 e. The maximum Gasteiger partial charge on any atom is 0.235 e. The van der Waals surface area contributed by atoms with Gasteiger partial charge in [0.05, 0.1) is 27.7 Å². The molecule has 2 heterocycles. The SMILES string of the molecule is c1ccc(-c2ccc3c(c2)C2(c4cc(-c5ccccc5)ccc4-3)c3cccc4ccc5c(c34)c3c2cccc3n5-c2nc(-c3ccccc3)c3ccccc3n2)cc1. The minimum Gasteiger partial charge on any atom is -0.278 e. The predicted molar refractivity (Wildman–Crippen MR) is 239 cm³/mol. The molecule has 2 aliphatic rings. The molecule has 268 valence electrons. The van der Waals surface area contributed by atoms with Crippen LogP contribution in [0.5, 0.6) is 0 Å². The van der Waals surface area contributed by atoms with Crippen LogP contribution < -0.4 is 0 Å². The highest BCUT2D eigenvalue weighted by Gasteiger charge is 2.50. The Morgan fingerprint density at radius 3 is 1.60 bits per heavy atom. The van der Waals surface area contributed by atoms with Crippen molar-refractivity contribution in [2.75, 3.05) is 0 Å². The second-order valence-corrected chi connectivity index (χ2v) is 15.7. The van der Waals surface area contributed by atoms with E-state index in [2.05, 4.69) is 205 Å². The molecule has 3 heteroatoms. The van der Waals surface area contributed by atoms with Crippen LogP contribution in [0.1, 0.15) is 22.3 Å². The van der Waals surface area contributed by atoms with Crippen LogP contribution in [0.25, 0.3) is 94.1 Å². The number of rotatable bonds is 4. The average Bonchev–Trinajstić information content (AvgIpc) is 3.79. The number of para-hydroxylation sites is 1. The summed E-state index contributed by atoms with van der Waals surface area (Å²) in [5.41, 5.74) is 17.2. The highest BCUT2D eigenvalue weighted by Crippen LogP contribution is 2.63. The minimum atomic E-state index is -0.591. The summed E-state index contributed by atoms with van der Waals surface area (Å²) in [5, 5.41) is 6.08. The lowest BCUT2D eigenvalue weighted by atomic mass is 9.62. The van der Waals surface area contributed by atoms with Crippen LogP contribution in [0.4, 0.5) is 0 Å².